The molecule has 2 atom stereocenters. The second-order valence-corrected chi connectivity index (χ2v) is 14.5. The van der Waals surface area contributed by atoms with Crippen LogP contribution in [0.5, 0.6) is 0 Å². The number of benzene rings is 8. The van der Waals surface area contributed by atoms with Gasteiger partial charge in [0.05, 0.1) is 5.52 Å². The molecule has 0 radical (unpaired) electrons. The number of hydrogen-bond acceptors (Lipinski definition) is 0. The summed E-state index contributed by atoms with van der Waals surface area (Å²) >= 11 is 0. The van der Waals surface area contributed by atoms with Crippen LogP contribution in [0.3, 0.4) is 0 Å². The molecule has 1 heterocycles. The maximum Gasteiger partial charge on any atom is 0.0544 e. The Morgan fingerprint density at radius 3 is 1.60 bits per heavy atom. The quantitative estimate of drug-likeness (QED) is 0.191. The molecule has 9 aromatic rings. The van der Waals surface area contributed by atoms with E-state index in [9.17, 15) is 0 Å². The summed E-state index contributed by atoms with van der Waals surface area (Å²) in [6.07, 6.45) is 9.29. The molecule has 11 rings (SSSR count). The van der Waals surface area contributed by atoms with Crippen molar-refractivity contribution in [2.75, 3.05) is 0 Å². The number of allylic oxidation sites excluding steroid dienone is 4. The minimum atomic E-state index is 0.217. The molecule has 0 saturated heterocycles. The lowest BCUT2D eigenvalue weighted by Crippen LogP contribution is -2.40. The van der Waals surface area contributed by atoms with E-state index in [4.69, 9.17) is 0 Å². The number of fused-ring (bicyclic) bond motifs is 8. The third kappa shape index (κ3) is 4.85. The topological polar surface area (TPSA) is 15.8 Å². The summed E-state index contributed by atoms with van der Waals surface area (Å²) in [6.45, 7) is 0. The summed E-state index contributed by atoms with van der Waals surface area (Å²) in [6, 6.07) is 62.8. The van der Waals surface area contributed by atoms with Crippen molar-refractivity contribution in [2.24, 2.45) is 11.8 Å². The van der Waals surface area contributed by atoms with Gasteiger partial charge in [0.15, 0.2) is 0 Å². The predicted molar refractivity (Wildman–Crippen MR) is 224 cm³/mol. The van der Waals surface area contributed by atoms with Crippen LogP contribution >= 0.6 is 0 Å². The highest BCUT2D eigenvalue weighted by Gasteiger charge is 2.32. The van der Waals surface area contributed by atoms with Gasteiger partial charge >= 0.3 is 0 Å². The first-order chi connectivity index (χ1) is 26.3. The van der Waals surface area contributed by atoms with Crippen LogP contribution in [0.1, 0.15) is 11.1 Å². The first-order valence-corrected chi connectivity index (χ1v) is 18.6. The standard InChI is InChI=1S/C52H35N/c1-2-13-35-29-38(24-23-33(35)11-1)36-14-9-16-40(30-36)50-43-19-5-7-21-45(43)51(46-22-8-6-20-44(46)50)41-17-10-15-37(31-41)39-26-28-49-48(32-39)47-27-25-34-12-3-4-18-42(34)52(47)53-49/h1-32,43,45,53H. The van der Waals surface area contributed by atoms with E-state index in [1.807, 2.05) is 0 Å². The Hall–Kier alpha value is -6.70. The Morgan fingerprint density at radius 2 is 0.887 bits per heavy atom. The average molecular weight is 674 g/mol. The van der Waals surface area contributed by atoms with E-state index >= 15 is 0 Å². The normalized spacial score (nSPS) is 16.5. The van der Waals surface area contributed by atoms with E-state index < -0.39 is 0 Å². The van der Waals surface area contributed by atoms with Gasteiger partial charge in [-0.1, -0.05) is 164 Å². The number of hydrogen-bond donors (Lipinski definition) is 1. The molecular formula is C52H35N. The minimum Gasteiger partial charge on any atom is -0.354 e. The summed E-state index contributed by atoms with van der Waals surface area (Å²) in [5, 5.41) is 10.2. The van der Waals surface area contributed by atoms with Crippen LogP contribution in [-0.2, 0) is 0 Å². The van der Waals surface area contributed by atoms with E-state index in [2.05, 4.69) is 199 Å². The Balaban J connectivity index is 1.07. The van der Waals surface area contributed by atoms with Crippen molar-refractivity contribution in [3.63, 3.8) is 0 Å². The summed E-state index contributed by atoms with van der Waals surface area (Å²) < 4.78 is 0. The molecule has 0 fully saturated rings. The number of rotatable bonds is 4. The molecule has 8 aromatic carbocycles. The van der Waals surface area contributed by atoms with Gasteiger partial charge in [-0.25, -0.2) is 0 Å². The lowest BCUT2D eigenvalue weighted by Gasteiger charge is -2.33. The Bertz CT molecular complexity index is 3130. The molecule has 1 nitrogen and oxygen atoms in total. The van der Waals surface area contributed by atoms with Crippen molar-refractivity contribution in [2.45, 2.75) is 0 Å². The van der Waals surface area contributed by atoms with Crippen molar-refractivity contribution in [3.05, 3.63) is 216 Å². The zero-order valence-corrected chi connectivity index (χ0v) is 29.1. The molecule has 1 aromatic heterocycles. The van der Waals surface area contributed by atoms with Crippen molar-refractivity contribution in [3.8, 4) is 22.3 Å². The zero-order chi connectivity index (χ0) is 34.9. The largest absolute Gasteiger partial charge is 0.354 e. The lowest BCUT2D eigenvalue weighted by molar-refractivity contribution is 0.686. The molecule has 0 saturated carbocycles. The first-order valence-electron chi connectivity index (χ1n) is 18.6. The fraction of sp³-hybridized carbons (Fsp3) is 0.0385. The third-order valence-electron chi connectivity index (χ3n) is 11.6. The molecule has 0 spiro atoms. The number of aromatic amines is 1. The average Bonchev–Trinajstić information content (AvgIpc) is 3.61. The third-order valence-corrected chi connectivity index (χ3v) is 11.6. The summed E-state index contributed by atoms with van der Waals surface area (Å²) in [5.41, 5.74) is 12.7. The van der Waals surface area contributed by atoms with Gasteiger partial charge in [0, 0.05) is 33.5 Å². The molecule has 1 heteroatoms. The van der Waals surface area contributed by atoms with Crippen LogP contribution in [0.25, 0.3) is 76.8 Å². The highest BCUT2D eigenvalue weighted by molar-refractivity contribution is 6.17. The van der Waals surface area contributed by atoms with Crippen LogP contribution < -0.4 is 10.4 Å². The Kier molecular flexibility index (Phi) is 6.75. The summed E-state index contributed by atoms with van der Waals surface area (Å²) in [4.78, 5) is 3.72. The van der Waals surface area contributed by atoms with Crippen LogP contribution in [0.2, 0.25) is 0 Å². The molecule has 248 valence electrons. The molecule has 0 bridgehead atoms. The van der Waals surface area contributed by atoms with E-state index in [0.29, 0.717) is 0 Å². The second kappa shape index (κ2) is 11.9. The van der Waals surface area contributed by atoms with Gasteiger partial charge in [-0.2, -0.15) is 0 Å². The molecule has 2 aliphatic rings. The fourth-order valence-electron chi connectivity index (χ4n) is 9.09. The second-order valence-electron chi connectivity index (χ2n) is 14.5. The maximum atomic E-state index is 3.72. The number of H-pyrrole nitrogens is 1. The van der Waals surface area contributed by atoms with E-state index in [-0.39, 0.29) is 11.8 Å². The predicted octanol–water partition coefficient (Wildman–Crippen LogP) is 11.7. The Morgan fingerprint density at radius 1 is 0.340 bits per heavy atom. The minimum absolute atomic E-state index is 0.217. The molecule has 53 heavy (non-hydrogen) atoms. The van der Waals surface area contributed by atoms with Gasteiger partial charge in [0.1, 0.15) is 0 Å². The van der Waals surface area contributed by atoms with E-state index in [0.717, 1.165) is 0 Å². The maximum absolute atomic E-state index is 3.72. The SMILES string of the molecule is C1=CC2C(c3cccc(-c4ccc5ccccc5c4)c3)=c3ccccc3=C(c3cccc(-c4ccc5[nH]c6c7ccccc7ccc6c5c4)c3)C2C=C1. The van der Waals surface area contributed by atoms with Crippen LogP contribution in [-0.4, -0.2) is 4.98 Å². The van der Waals surface area contributed by atoms with E-state index in [1.165, 1.54) is 98.3 Å². The van der Waals surface area contributed by atoms with Crippen molar-refractivity contribution in [1.29, 1.82) is 0 Å². The van der Waals surface area contributed by atoms with Gasteiger partial charge in [-0.15, -0.1) is 0 Å². The number of aromatic nitrogens is 1. The molecular weight excluding hydrogens is 639 g/mol. The van der Waals surface area contributed by atoms with Crippen LogP contribution in [0.15, 0.2) is 194 Å². The summed E-state index contributed by atoms with van der Waals surface area (Å²) in [5.74, 6) is 0.437. The van der Waals surface area contributed by atoms with Gasteiger partial charge in [-0.3, -0.25) is 0 Å². The van der Waals surface area contributed by atoms with Crippen molar-refractivity contribution < 1.29 is 0 Å². The molecule has 2 aliphatic carbocycles. The highest BCUT2D eigenvalue weighted by Crippen LogP contribution is 2.42. The van der Waals surface area contributed by atoms with Gasteiger partial charge in [0.25, 0.3) is 0 Å². The van der Waals surface area contributed by atoms with Crippen molar-refractivity contribution in [1.82, 2.24) is 4.98 Å². The highest BCUT2D eigenvalue weighted by atomic mass is 14.7. The molecule has 0 aliphatic heterocycles. The summed E-state index contributed by atoms with van der Waals surface area (Å²) in [7, 11) is 0. The first kappa shape index (κ1) is 30.0. The molecule has 1 N–H and O–H groups in total. The zero-order valence-electron chi connectivity index (χ0n) is 29.1. The molecule has 2 unspecified atom stereocenters. The smallest absolute Gasteiger partial charge is 0.0544 e. The number of nitrogens with one attached hydrogen (secondary N) is 1. The Labute approximate surface area is 308 Å². The van der Waals surface area contributed by atoms with Gasteiger partial charge < -0.3 is 4.98 Å². The van der Waals surface area contributed by atoms with Gasteiger partial charge in [-0.05, 0) is 101 Å². The lowest BCUT2D eigenvalue weighted by atomic mass is 9.70. The van der Waals surface area contributed by atoms with Crippen LogP contribution in [0.4, 0.5) is 0 Å². The van der Waals surface area contributed by atoms with Crippen LogP contribution in [0, 0.1) is 11.8 Å². The monoisotopic (exact) mass is 673 g/mol. The van der Waals surface area contributed by atoms with Gasteiger partial charge in [0.2, 0.25) is 0 Å². The molecule has 0 amide bonds. The fourth-order valence-corrected chi connectivity index (χ4v) is 9.09. The van der Waals surface area contributed by atoms with Crippen molar-refractivity contribution >= 4 is 54.5 Å². The van der Waals surface area contributed by atoms with E-state index in [1.54, 1.807) is 0 Å².